The molecule has 0 bridgehead atoms. The van der Waals surface area contributed by atoms with Crippen LogP contribution in [0.2, 0.25) is 0 Å². The number of ether oxygens (including phenoxy) is 1. The lowest BCUT2D eigenvalue weighted by molar-refractivity contribution is -0.134. The fourth-order valence-electron chi connectivity index (χ4n) is 5.01. The maximum atomic E-state index is 15.4. The minimum atomic E-state index is -0.748. The first-order valence-electron chi connectivity index (χ1n) is 11.6. The number of hydrogen-bond donors (Lipinski definition) is 3. The smallest absolute Gasteiger partial charge is 0.319 e. The van der Waals surface area contributed by atoms with Gasteiger partial charge in [-0.15, -0.1) is 0 Å². The van der Waals surface area contributed by atoms with Crippen LogP contribution >= 0.6 is 0 Å². The second kappa shape index (κ2) is 9.11. The fourth-order valence-corrected chi connectivity index (χ4v) is 5.01. The molecule has 0 saturated carbocycles. The number of carbonyl (C=O) groups excluding carboxylic acids is 3. The first kappa shape index (κ1) is 23.5. The van der Waals surface area contributed by atoms with Crippen LogP contribution in [0.4, 0.5) is 25.0 Å². The predicted octanol–water partition coefficient (Wildman–Crippen LogP) is 2.69. The van der Waals surface area contributed by atoms with Gasteiger partial charge in [0.25, 0.3) is 0 Å². The van der Waals surface area contributed by atoms with Crippen LogP contribution in [0.25, 0.3) is 0 Å². The van der Waals surface area contributed by atoms with Gasteiger partial charge in [-0.1, -0.05) is 0 Å². The number of amides is 4. The van der Waals surface area contributed by atoms with E-state index in [1.54, 1.807) is 0 Å². The molecule has 9 nitrogen and oxygen atoms in total. The van der Waals surface area contributed by atoms with Gasteiger partial charge in [0.1, 0.15) is 17.4 Å². The van der Waals surface area contributed by atoms with E-state index in [4.69, 9.17) is 10.00 Å². The monoisotopic (exact) mass is 495 g/mol. The van der Waals surface area contributed by atoms with E-state index in [0.29, 0.717) is 36.6 Å². The molecule has 0 spiro atoms. The summed E-state index contributed by atoms with van der Waals surface area (Å²) in [6, 6.07) is 5.83. The van der Waals surface area contributed by atoms with Crippen molar-refractivity contribution in [2.75, 3.05) is 23.4 Å². The molecule has 3 atom stereocenters. The molecule has 2 saturated heterocycles. The van der Waals surface area contributed by atoms with Crippen molar-refractivity contribution in [3.8, 4) is 11.8 Å². The van der Waals surface area contributed by atoms with Crippen molar-refractivity contribution in [3.63, 3.8) is 0 Å². The summed E-state index contributed by atoms with van der Waals surface area (Å²) in [5.41, 5.74) is 1.56. The lowest BCUT2D eigenvalue weighted by atomic mass is 9.85. The zero-order valence-corrected chi connectivity index (χ0v) is 19.4. The van der Waals surface area contributed by atoms with E-state index in [0.717, 1.165) is 6.07 Å². The van der Waals surface area contributed by atoms with Gasteiger partial charge >= 0.3 is 6.03 Å². The van der Waals surface area contributed by atoms with E-state index in [1.807, 2.05) is 17.9 Å². The van der Waals surface area contributed by atoms with E-state index in [1.165, 1.54) is 18.2 Å². The average Bonchev–Trinajstić information content (AvgIpc) is 3.33. The third kappa shape index (κ3) is 4.08. The van der Waals surface area contributed by atoms with E-state index >= 15 is 4.39 Å². The van der Waals surface area contributed by atoms with Gasteiger partial charge < -0.3 is 20.3 Å². The normalized spacial score (nSPS) is 22.6. The molecule has 3 aliphatic rings. The lowest BCUT2D eigenvalue weighted by Gasteiger charge is -2.48. The zero-order valence-electron chi connectivity index (χ0n) is 19.4. The Balaban J connectivity index is 1.29. The Hall–Kier alpha value is -4.20. The summed E-state index contributed by atoms with van der Waals surface area (Å²) in [4.78, 5) is 38.2. The van der Waals surface area contributed by atoms with E-state index < -0.39 is 29.5 Å². The molecule has 0 aromatic heterocycles. The van der Waals surface area contributed by atoms with Gasteiger partial charge in [0.05, 0.1) is 41.6 Å². The third-order valence-corrected chi connectivity index (χ3v) is 6.98. The molecule has 36 heavy (non-hydrogen) atoms. The summed E-state index contributed by atoms with van der Waals surface area (Å²) < 4.78 is 35.3. The highest BCUT2D eigenvalue weighted by molar-refractivity contribution is 6.01. The minimum Gasteiger partial charge on any atom is -0.491 e. The van der Waals surface area contributed by atoms with Gasteiger partial charge in [-0.3, -0.25) is 14.9 Å². The largest absolute Gasteiger partial charge is 0.491 e. The molecule has 0 unspecified atom stereocenters. The van der Waals surface area contributed by atoms with Crippen molar-refractivity contribution in [2.45, 2.75) is 44.2 Å². The molecule has 2 aromatic rings. The molecule has 3 N–H and O–H groups in total. The molecule has 186 valence electrons. The third-order valence-electron chi connectivity index (χ3n) is 6.98. The van der Waals surface area contributed by atoms with Gasteiger partial charge in [0, 0.05) is 42.6 Å². The molecule has 2 aromatic carbocycles. The lowest BCUT2D eigenvalue weighted by Crippen LogP contribution is -2.66. The van der Waals surface area contributed by atoms with Gasteiger partial charge in [0.15, 0.2) is 0 Å². The fraction of sp³-hybridized carbons (Fsp3) is 0.360. The van der Waals surface area contributed by atoms with Crippen molar-refractivity contribution in [1.82, 2.24) is 10.6 Å². The average molecular weight is 495 g/mol. The van der Waals surface area contributed by atoms with Crippen LogP contribution in [-0.2, 0) is 16.0 Å². The summed E-state index contributed by atoms with van der Waals surface area (Å²) in [7, 11) is 0. The Kier molecular flexibility index (Phi) is 5.96. The molecule has 3 heterocycles. The van der Waals surface area contributed by atoms with Crippen LogP contribution < -0.4 is 25.6 Å². The Morgan fingerprint density at radius 1 is 1.22 bits per heavy atom. The molecular formula is C25H23F2N5O4. The van der Waals surface area contributed by atoms with Crippen LogP contribution in [0.3, 0.4) is 0 Å². The molecule has 0 aliphatic carbocycles. The Morgan fingerprint density at radius 2 is 2.03 bits per heavy atom. The second-order valence-corrected chi connectivity index (χ2v) is 9.11. The molecular weight excluding hydrogens is 472 g/mol. The van der Waals surface area contributed by atoms with E-state index in [-0.39, 0.29) is 47.6 Å². The van der Waals surface area contributed by atoms with Crippen molar-refractivity contribution < 1.29 is 27.9 Å². The molecule has 0 radical (unpaired) electrons. The number of benzene rings is 2. The summed E-state index contributed by atoms with van der Waals surface area (Å²) >= 11 is 0. The van der Waals surface area contributed by atoms with Crippen LogP contribution in [0.1, 0.15) is 42.4 Å². The number of nitrogens with one attached hydrogen (secondary N) is 3. The number of imide groups is 1. The number of piperidine rings is 1. The maximum Gasteiger partial charge on any atom is 0.319 e. The van der Waals surface area contributed by atoms with Crippen LogP contribution in [0.5, 0.6) is 5.75 Å². The predicted molar refractivity (Wildman–Crippen MR) is 125 cm³/mol. The number of nitrogens with zero attached hydrogens (tertiary/aromatic N) is 2. The first-order valence-corrected chi connectivity index (χ1v) is 11.6. The number of carbonyl (C=O) groups is 3. The minimum absolute atomic E-state index is 0.0485. The number of nitriles is 1. The van der Waals surface area contributed by atoms with Gasteiger partial charge in [-0.25, -0.2) is 13.6 Å². The first-order chi connectivity index (χ1) is 17.3. The highest BCUT2D eigenvalue weighted by Crippen LogP contribution is 2.46. The summed E-state index contributed by atoms with van der Waals surface area (Å²) in [6.07, 6.45) is 0.849. The van der Waals surface area contributed by atoms with Crippen molar-refractivity contribution >= 4 is 29.2 Å². The van der Waals surface area contributed by atoms with Crippen molar-refractivity contribution in [2.24, 2.45) is 0 Å². The highest BCUT2D eigenvalue weighted by atomic mass is 19.1. The van der Waals surface area contributed by atoms with Crippen LogP contribution in [0.15, 0.2) is 24.3 Å². The SMILES string of the molecule is C[C@@H]1[C@H](NC(=O)Nc2ccc(C#N)cc2F)CN1c1cc(F)c([C@H]2CCC(=O)NC2=O)c2c1OCC2. The number of rotatable bonds is 4. The van der Waals surface area contributed by atoms with Gasteiger partial charge in [-0.2, -0.15) is 5.26 Å². The number of hydrogen-bond acceptors (Lipinski definition) is 6. The Labute approximate surface area is 205 Å². The second-order valence-electron chi connectivity index (χ2n) is 9.11. The van der Waals surface area contributed by atoms with E-state index in [2.05, 4.69) is 16.0 Å². The maximum absolute atomic E-state index is 15.4. The molecule has 4 amide bonds. The molecule has 2 fully saturated rings. The van der Waals surface area contributed by atoms with Crippen LogP contribution in [0, 0.1) is 23.0 Å². The standard InChI is InChI=1S/C25H23F2N5O4/c1-12-19(30-25(35)29-18-4-2-13(10-28)8-16(18)26)11-32(12)20-9-17(27)22(14-6-7-36-23(14)20)15-3-5-21(33)31-24(15)34/h2,4,8-9,12,15,19H,3,5-7,11H2,1H3,(H2,29,30,35)(H,31,33,34)/t12-,15-,19-/m1/s1. The van der Waals surface area contributed by atoms with E-state index in [9.17, 15) is 18.8 Å². The van der Waals surface area contributed by atoms with Gasteiger partial charge in [0.2, 0.25) is 11.8 Å². The summed E-state index contributed by atoms with van der Waals surface area (Å²) in [5.74, 6) is -2.33. The Morgan fingerprint density at radius 3 is 2.72 bits per heavy atom. The zero-order chi connectivity index (χ0) is 25.6. The summed E-state index contributed by atoms with van der Waals surface area (Å²) in [6.45, 7) is 2.59. The molecule has 11 heteroatoms. The topological polar surface area (TPSA) is 124 Å². The number of urea groups is 1. The van der Waals surface area contributed by atoms with Crippen molar-refractivity contribution in [1.29, 1.82) is 5.26 Å². The summed E-state index contributed by atoms with van der Waals surface area (Å²) in [5, 5.41) is 16.3. The number of halogens is 2. The molecule has 3 aliphatic heterocycles. The molecule has 5 rings (SSSR count). The Bertz CT molecular complexity index is 1320. The van der Waals surface area contributed by atoms with Crippen LogP contribution in [-0.4, -0.2) is 43.1 Å². The van der Waals surface area contributed by atoms with Crippen molar-refractivity contribution in [3.05, 3.63) is 52.6 Å². The quantitative estimate of drug-likeness (QED) is 0.561. The highest BCUT2D eigenvalue weighted by Gasteiger charge is 2.41. The number of anilines is 2. The number of fused-ring (bicyclic) bond motifs is 1. The van der Waals surface area contributed by atoms with Gasteiger partial charge in [-0.05, 0) is 31.5 Å².